The Hall–Kier alpha value is -1.26. The van der Waals surface area contributed by atoms with Crippen LogP contribution in [-0.4, -0.2) is 49.1 Å². The van der Waals surface area contributed by atoms with E-state index in [0.29, 0.717) is 11.9 Å². The number of carbonyl (C=O) groups excluding carboxylic acids is 1. The molecular weight excluding hydrogens is 406 g/mol. The minimum absolute atomic E-state index is 0. The first-order valence-electron chi connectivity index (χ1n) is 12.5. The second-order valence-corrected chi connectivity index (χ2v) is 10.5. The van der Waals surface area contributed by atoms with Gasteiger partial charge >= 0.3 is 0 Å². The standard InChI is InChI=1S/C26H39N3O.ClH/c1-20-18-22(27-17-11-23(19-27)28-15-6-8-21(28)2)9-10-24(20)29-16-7-14-26(25(29)30)12-4-3-5-13-26;/h9-10,18,21,23H,3-8,11-17,19H2,1-2H3;1H/t21-,23-;/m0./s1. The summed E-state index contributed by atoms with van der Waals surface area (Å²) in [5.74, 6) is 0.411. The average molecular weight is 446 g/mol. The predicted molar refractivity (Wildman–Crippen MR) is 132 cm³/mol. The van der Waals surface area contributed by atoms with Crippen molar-refractivity contribution in [2.75, 3.05) is 36.0 Å². The summed E-state index contributed by atoms with van der Waals surface area (Å²) in [4.78, 5) is 21.0. The van der Waals surface area contributed by atoms with Crippen LogP contribution in [0.15, 0.2) is 18.2 Å². The van der Waals surface area contributed by atoms with Crippen molar-refractivity contribution in [1.82, 2.24) is 4.90 Å². The number of nitrogens with zero attached hydrogens (tertiary/aromatic N) is 3. The van der Waals surface area contributed by atoms with Crippen LogP contribution in [0.5, 0.6) is 0 Å². The number of likely N-dealkylation sites (tertiary alicyclic amines) is 1. The molecule has 2 atom stereocenters. The number of anilines is 2. The maximum absolute atomic E-state index is 13.5. The van der Waals surface area contributed by atoms with Gasteiger partial charge in [0.2, 0.25) is 5.91 Å². The number of hydrogen-bond donors (Lipinski definition) is 0. The number of aryl methyl sites for hydroxylation is 1. The lowest BCUT2D eigenvalue weighted by Crippen LogP contribution is -2.50. The molecule has 3 aliphatic heterocycles. The van der Waals surface area contributed by atoms with Gasteiger partial charge in [-0.15, -0.1) is 12.4 Å². The fourth-order valence-electron chi connectivity index (χ4n) is 6.88. The van der Waals surface area contributed by atoms with Crippen LogP contribution >= 0.6 is 12.4 Å². The zero-order chi connectivity index (χ0) is 20.7. The van der Waals surface area contributed by atoms with Crippen LogP contribution in [0.1, 0.15) is 76.7 Å². The SMILES string of the molecule is Cc1cc(N2CC[C@H](N3CCC[C@@H]3C)C2)ccc1N1CCCC2(CCCCC2)C1=O.Cl. The number of benzene rings is 1. The molecule has 1 amide bonds. The maximum atomic E-state index is 13.5. The molecule has 4 aliphatic rings. The van der Waals surface area contributed by atoms with Crippen LogP contribution in [-0.2, 0) is 4.79 Å². The van der Waals surface area contributed by atoms with E-state index in [-0.39, 0.29) is 17.8 Å². The van der Waals surface area contributed by atoms with E-state index in [9.17, 15) is 4.79 Å². The van der Waals surface area contributed by atoms with Gasteiger partial charge in [0.25, 0.3) is 0 Å². The van der Waals surface area contributed by atoms with E-state index in [4.69, 9.17) is 0 Å². The first-order chi connectivity index (χ1) is 14.6. The van der Waals surface area contributed by atoms with Gasteiger partial charge in [-0.2, -0.15) is 0 Å². The summed E-state index contributed by atoms with van der Waals surface area (Å²) in [5.41, 5.74) is 3.68. The minimum atomic E-state index is -0.0593. The molecule has 3 heterocycles. The summed E-state index contributed by atoms with van der Waals surface area (Å²) in [6, 6.07) is 8.29. The number of halogens is 1. The summed E-state index contributed by atoms with van der Waals surface area (Å²) in [5, 5.41) is 0. The van der Waals surface area contributed by atoms with Crippen LogP contribution < -0.4 is 9.80 Å². The fourth-order valence-corrected chi connectivity index (χ4v) is 6.88. The lowest BCUT2D eigenvalue weighted by atomic mass is 9.68. The average Bonchev–Trinajstić information content (AvgIpc) is 3.40. The van der Waals surface area contributed by atoms with Gasteiger partial charge in [0.15, 0.2) is 0 Å². The quantitative estimate of drug-likeness (QED) is 0.609. The van der Waals surface area contributed by atoms with Gasteiger partial charge in [0.1, 0.15) is 0 Å². The Morgan fingerprint density at radius 3 is 2.42 bits per heavy atom. The normalized spacial score (nSPS) is 28.9. The molecule has 0 bridgehead atoms. The highest BCUT2D eigenvalue weighted by molar-refractivity contribution is 5.99. The zero-order valence-electron chi connectivity index (χ0n) is 19.4. The summed E-state index contributed by atoms with van der Waals surface area (Å²) >= 11 is 0. The molecule has 0 N–H and O–H groups in total. The van der Waals surface area contributed by atoms with E-state index in [1.807, 2.05) is 0 Å². The zero-order valence-corrected chi connectivity index (χ0v) is 20.3. The van der Waals surface area contributed by atoms with E-state index in [0.717, 1.165) is 57.0 Å². The van der Waals surface area contributed by atoms with Gasteiger partial charge in [-0.1, -0.05) is 19.3 Å². The van der Waals surface area contributed by atoms with Gasteiger partial charge in [0.05, 0.1) is 0 Å². The van der Waals surface area contributed by atoms with Crippen molar-refractivity contribution in [2.45, 2.75) is 90.1 Å². The predicted octanol–water partition coefficient (Wildman–Crippen LogP) is 5.56. The monoisotopic (exact) mass is 445 g/mol. The molecule has 4 fully saturated rings. The molecular formula is C26H40ClN3O. The molecule has 4 nitrogen and oxygen atoms in total. The smallest absolute Gasteiger partial charge is 0.233 e. The Kier molecular flexibility index (Phi) is 6.88. The minimum Gasteiger partial charge on any atom is -0.370 e. The summed E-state index contributed by atoms with van der Waals surface area (Å²) in [7, 11) is 0. The van der Waals surface area contributed by atoms with Crippen molar-refractivity contribution in [3.05, 3.63) is 23.8 Å². The maximum Gasteiger partial charge on any atom is 0.233 e. The Bertz CT molecular complexity index is 785. The lowest BCUT2D eigenvalue weighted by molar-refractivity contribution is -0.132. The van der Waals surface area contributed by atoms with E-state index >= 15 is 0 Å². The molecule has 31 heavy (non-hydrogen) atoms. The molecule has 1 aromatic rings. The van der Waals surface area contributed by atoms with Crippen molar-refractivity contribution >= 4 is 29.7 Å². The van der Waals surface area contributed by atoms with Crippen molar-refractivity contribution < 1.29 is 4.79 Å². The second kappa shape index (κ2) is 9.31. The molecule has 1 spiro atoms. The number of piperidine rings is 1. The number of rotatable bonds is 3. The van der Waals surface area contributed by atoms with Crippen molar-refractivity contribution in [1.29, 1.82) is 0 Å². The third-order valence-corrected chi connectivity index (χ3v) is 8.62. The summed E-state index contributed by atoms with van der Waals surface area (Å²) < 4.78 is 0. The van der Waals surface area contributed by atoms with Crippen LogP contribution in [0.4, 0.5) is 11.4 Å². The van der Waals surface area contributed by atoms with E-state index < -0.39 is 0 Å². The van der Waals surface area contributed by atoms with Crippen LogP contribution in [0.3, 0.4) is 0 Å². The number of hydrogen-bond acceptors (Lipinski definition) is 3. The molecule has 172 valence electrons. The highest BCUT2D eigenvalue weighted by atomic mass is 35.5. The van der Waals surface area contributed by atoms with E-state index in [1.54, 1.807) is 0 Å². The molecule has 0 unspecified atom stereocenters. The van der Waals surface area contributed by atoms with Gasteiger partial charge in [-0.05, 0) is 89.1 Å². The molecule has 5 heteroatoms. The first kappa shape index (κ1) is 22.9. The summed E-state index contributed by atoms with van der Waals surface area (Å²) in [6.45, 7) is 9.05. The summed E-state index contributed by atoms with van der Waals surface area (Å²) in [6.07, 6.45) is 12.2. The third kappa shape index (κ3) is 4.23. The van der Waals surface area contributed by atoms with Gasteiger partial charge in [0, 0.05) is 48.5 Å². The first-order valence-corrected chi connectivity index (χ1v) is 12.5. The Morgan fingerprint density at radius 2 is 1.71 bits per heavy atom. The van der Waals surface area contributed by atoms with E-state index in [1.165, 1.54) is 56.3 Å². The molecule has 3 saturated heterocycles. The molecule has 0 aromatic heterocycles. The van der Waals surface area contributed by atoms with Gasteiger partial charge < -0.3 is 9.80 Å². The van der Waals surface area contributed by atoms with Crippen LogP contribution in [0.2, 0.25) is 0 Å². The van der Waals surface area contributed by atoms with Gasteiger partial charge in [-0.25, -0.2) is 0 Å². The van der Waals surface area contributed by atoms with Crippen molar-refractivity contribution in [2.24, 2.45) is 5.41 Å². The van der Waals surface area contributed by atoms with Crippen molar-refractivity contribution in [3.8, 4) is 0 Å². The fraction of sp³-hybridized carbons (Fsp3) is 0.731. The molecule has 5 rings (SSSR count). The van der Waals surface area contributed by atoms with Crippen molar-refractivity contribution in [3.63, 3.8) is 0 Å². The third-order valence-electron chi connectivity index (χ3n) is 8.62. The largest absolute Gasteiger partial charge is 0.370 e. The molecule has 0 radical (unpaired) electrons. The molecule has 1 saturated carbocycles. The number of amides is 1. The van der Waals surface area contributed by atoms with Gasteiger partial charge in [-0.3, -0.25) is 9.69 Å². The highest BCUT2D eigenvalue weighted by Crippen LogP contribution is 2.45. The van der Waals surface area contributed by atoms with E-state index in [2.05, 4.69) is 46.7 Å². The topological polar surface area (TPSA) is 26.8 Å². The lowest BCUT2D eigenvalue weighted by Gasteiger charge is -2.44. The Labute approximate surface area is 194 Å². The Balaban J connectivity index is 0.00000231. The second-order valence-electron chi connectivity index (χ2n) is 10.5. The van der Waals surface area contributed by atoms with Crippen LogP contribution in [0, 0.1) is 12.3 Å². The Morgan fingerprint density at radius 1 is 0.935 bits per heavy atom. The highest BCUT2D eigenvalue weighted by Gasteiger charge is 2.44. The van der Waals surface area contributed by atoms with Crippen LogP contribution in [0.25, 0.3) is 0 Å². The number of carbonyl (C=O) groups is 1. The molecule has 1 aromatic carbocycles. The molecule has 1 aliphatic carbocycles.